The van der Waals surface area contributed by atoms with Crippen LogP contribution in [-0.4, -0.2) is 111 Å². The molecule has 1 saturated heterocycles. The monoisotopic (exact) mass is 1000 g/mol. The van der Waals surface area contributed by atoms with Crippen molar-refractivity contribution in [2.45, 2.75) is 254 Å². The van der Waals surface area contributed by atoms with Crippen LogP contribution in [0.1, 0.15) is 212 Å². The molecule has 3 aromatic rings. The van der Waals surface area contributed by atoms with Gasteiger partial charge in [-0.1, -0.05) is 133 Å². The molecule has 0 amide bonds. The van der Waals surface area contributed by atoms with Gasteiger partial charge in [-0.05, 0) is 164 Å². The molecule has 0 bridgehead atoms. The van der Waals surface area contributed by atoms with Crippen molar-refractivity contribution in [3.8, 4) is 0 Å². The Morgan fingerprint density at radius 1 is 0.514 bits per heavy atom. The minimum absolute atomic E-state index is 0.0156. The zero-order chi connectivity index (χ0) is 49.9. The van der Waals surface area contributed by atoms with Crippen molar-refractivity contribution in [1.82, 2.24) is 24.8 Å². The molecule has 9 nitrogen and oxygen atoms in total. The van der Waals surface area contributed by atoms with Gasteiger partial charge in [-0.15, -0.1) is 0 Å². The van der Waals surface area contributed by atoms with Crippen LogP contribution in [0.5, 0.6) is 0 Å². The zero-order valence-electron chi connectivity index (χ0n) is 46.1. The number of hydrazone groups is 3. The van der Waals surface area contributed by atoms with E-state index < -0.39 is 0 Å². The van der Waals surface area contributed by atoms with Crippen molar-refractivity contribution >= 4 is 35.2 Å². The van der Waals surface area contributed by atoms with Crippen LogP contribution in [0.2, 0.25) is 0 Å². The van der Waals surface area contributed by atoms with Crippen molar-refractivity contribution in [2.24, 2.45) is 39.0 Å². The lowest BCUT2D eigenvalue weighted by atomic mass is 9.70. The first-order chi connectivity index (χ1) is 36.7. The number of hydrogen-bond donors (Lipinski definition) is 0. The number of rotatable bonds is 18. The number of pyridine rings is 1. The van der Waals surface area contributed by atoms with Crippen LogP contribution in [-0.2, 0) is 0 Å². The molecule has 6 atom stereocenters. The van der Waals surface area contributed by atoms with Crippen LogP contribution in [0.25, 0.3) is 10.9 Å². The van der Waals surface area contributed by atoms with E-state index >= 15 is 0 Å². The summed E-state index contributed by atoms with van der Waals surface area (Å²) in [5, 5.41) is 25.9. The Morgan fingerprint density at radius 3 is 1.68 bits per heavy atom. The molecule has 0 N–H and O–H groups in total. The van der Waals surface area contributed by atoms with Crippen LogP contribution in [0.15, 0.2) is 82.2 Å². The average Bonchev–Trinajstić information content (AvgIpc) is 3.79. The maximum Gasteiger partial charge on any atom is 0.0909 e. The fourth-order valence-electron chi connectivity index (χ4n) is 16.8. The summed E-state index contributed by atoms with van der Waals surface area (Å²) in [6.45, 7) is 5.29. The van der Waals surface area contributed by atoms with E-state index in [2.05, 4.69) is 111 Å². The zero-order valence-corrected chi connectivity index (χ0v) is 46.1. The van der Waals surface area contributed by atoms with E-state index in [1.165, 1.54) is 206 Å². The van der Waals surface area contributed by atoms with Gasteiger partial charge in [0, 0.05) is 71.9 Å². The molecule has 6 unspecified atom stereocenters. The summed E-state index contributed by atoms with van der Waals surface area (Å²) in [5.41, 5.74) is 3.24. The van der Waals surface area contributed by atoms with E-state index in [1.54, 1.807) is 0 Å². The third kappa shape index (κ3) is 12.6. The van der Waals surface area contributed by atoms with Gasteiger partial charge < -0.3 is 0 Å². The van der Waals surface area contributed by atoms with Crippen LogP contribution >= 0.6 is 0 Å². The maximum absolute atomic E-state index is 5.78. The predicted octanol–water partition coefficient (Wildman–Crippen LogP) is 14.9. The molecule has 7 saturated carbocycles. The first kappa shape index (κ1) is 52.2. The van der Waals surface area contributed by atoms with Crippen LogP contribution in [0.4, 0.5) is 5.69 Å². The Labute approximate surface area is 448 Å². The van der Waals surface area contributed by atoms with E-state index in [1.807, 2.05) is 6.20 Å². The van der Waals surface area contributed by atoms with Gasteiger partial charge in [0.1, 0.15) is 0 Å². The molecule has 9 heteroatoms. The molecule has 74 heavy (non-hydrogen) atoms. The number of hydrogen-bond acceptors (Lipinski definition) is 9. The van der Waals surface area contributed by atoms with Gasteiger partial charge in [0.2, 0.25) is 0 Å². The van der Waals surface area contributed by atoms with Crippen LogP contribution < -0.4 is 5.01 Å². The highest BCUT2D eigenvalue weighted by Crippen LogP contribution is 2.50. The fourth-order valence-corrected chi connectivity index (χ4v) is 16.8. The van der Waals surface area contributed by atoms with Crippen LogP contribution in [0.3, 0.4) is 0 Å². The normalized spacial score (nSPS) is 29.8. The summed E-state index contributed by atoms with van der Waals surface area (Å²) in [4.78, 5) is 10.8. The molecule has 402 valence electrons. The lowest BCUT2D eigenvalue weighted by Crippen LogP contribution is -2.52. The molecular formula is C65H97N9. The van der Waals surface area contributed by atoms with Gasteiger partial charge in [-0.2, -0.15) is 15.3 Å². The van der Waals surface area contributed by atoms with E-state index in [4.69, 9.17) is 20.3 Å². The molecule has 8 fully saturated rings. The maximum atomic E-state index is 5.78. The molecule has 7 aliphatic carbocycles. The Hall–Kier alpha value is -3.82. The van der Waals surface area contributed by atoms with Gasteiger partial charge >= 0.3 is 0 Å². The van der Waals surface area contributed by atoms with E-state index in [-0.39, 0.29) is 6.04 Å². The lowest BCUT2D eigenvalue weighted by molar-refractivity contribution is 0.0192. The fraction of sp³-hybridized carbons (Fsp3) is 0.723. The standard InChI is InChI=1S/C65H97N9/c1-2-70-64-35-21-19-33-61(64)62-44-51(38-41-65(62)70)46-68-72(54-24-10-4-11-25-54)49-59(74(58-30-16-7-17-31-58)69-47-52-42-43-66-63-34-20-18-32-60(52)63)48-71(53-22-8-3-9-23-53)67-45-50-36-39-57(40-37-50)73(55-26-12-5-13-27-55)56-28-14-6-15-29-56/h7,16-18,20,30-32,34,42-43,45-47,50-51,53-57,59,61-62,64-65H,2-6,8-15,19,21-29,33,35-41,44,48-49H2,1H3/b67-45+,68-46-,69-47+. The van der Waals surface area contributed by atoms with Gasteiger partial charge in [0.15, 0.2) is 0 Å². The highest BCUT2D eigenvalue weighted by Gasteiger charge is 2.50. The first-order valence-electron chi connectivity index (χ1n) is 31.5. The van der Waals surface area contributed by atoms with Crippen molar-refractivity contribution in [2.75, 3.05) is 24.6 Å². The van der Waals surface area contributed by atoms with Crippen molar-refractivity contribution in [3.63, 3.8) is 0 Å². The van der Waals surface area contributed by atoms with E-state index in [9.17, 15) is 0 Å². The summed E-state index contributed by atoms with van der Waals surface area (Å²) in [6.07, 6.45) is 50.9. The summed E-state index contributed by atoms with van der Waals surface area (Å²) >= 11 is 0. The van der Waals surface area contributed by atoms with Gasteiger partial charge in [-0.25, -0.2) is 0 Å². The Kier molecular flexibility index (Phi) is 18.4. The summed E-state index contributed by atoms with van der Waals surface area (Å²) in [6, 6.07) is 26.7. The van der Waals surface area contributed by atoms with E-state index in [0.29, 0.717) is 23.9 Å². The molecule has 2 aromatic carbocycles. The number of likely N-dealkylation sites (tertiary alicyclic amines) is 1. The quantitative estimate of drug-likeness (QED) is 0.0934. The Morgan fingerprint density at radius 2 is 1.04 bits per heavy atom. The minimum atomic E-state index is 0.0156. The molecule has 11 rings (SSSR count). The first-order valence-corrected chi connectivity index (χ1v) is 31.5. The summed E-state index contributed by atoms with van der Waals surface area (Å²) in [7, 11) is 0. The molecule has 2 heterocycles. The van der Waals surface area contributed by atoms with Crippen LogP contribution in [0, 0.1) is 23.7 Å². The average molecular weight is 1000 g/mol. The van der Waals surface area contributed by atoms with Gasteiger partial charge in [-0.3, -0.25) is 29.8 Å². The smallest absolute Gasteiger partial charge is 0.0909 e. The lowest BCUT2D eigenvalue weighted by Gasteiger charge is -2.48. The predicted molar refractivity (Wildman–Crippen MR) is 310 cm³/mol. The number of para-hydroxylation sites is 2. The second-order valence-electron chi connectivity index (χ2n) is 25.1. The molecule has 1 aromatic heterocycles. The highest BCUT2D eigenvalue weighted by molar-refractivity contribution is 5.98. The SMILES string of the molecule is CCN1C2CCCCC2C2CC(/C=N\N(CC(CN(/N=C/C3CCC(N(C4CCCCC4)C4CCCCC4)CC3)C3CCCCC3)N(/N=C/c3ccnc4ccccc34)c3ccccc3)C3CCCCC3)CCC21. The third-order valence-corrected chi connectivity index (χ3v) is 20.6. The largest absolute Gasteiger partial charge is 0.297 e. The molecule has 1 aliphatic heterocycles. The minimum Gasteiger partial charge on any atom is -0.297 e. The second kappa shape index (κ2) is 26.0. The summed E-state index contributed by atoms with van der Waals surface area (Å²) < 4.78 is 0. The van der Waals surface area contributed by atoms with Crippen molar-refractivity contribution in [1.29, 1.82) is 0 Å². The van der Waals surface area contributed by atoms with E-state index in [0.717, 1.165) is 77.3 Å². The molecule has 8 aliphatic rings. The van der Waals surface area contributed by atoms with Crippen molar-refractivity contribution < 1.29 is 0 Å². The highest BCUT2D eigenvalue weighted by atomic mass is 15.6. The molecular weight excluding hydrogens is 907 g/mol. The Balaban J connectivity index is 0.893. The number of aromatic nitrogens is 1. The summed E-state index contributed by atoms with van der Waals surface area (Å²) in [5.74, 6) is 2.82. The number of anilines is 1. The second-order valence-corrected chi connectivity index (χ2v) is 25.1. The number of benzene rings is 2. The third-order valence-electron chi connectivity index (χ3n) is 20.6. The number of nitrogens with zero attached hydrogens (tertiary/aromatic N) is 9. The Bertz CT molecular complexity index is 2200. The van der Waals surface area contributed by atoms with Gasteiger partial charge in [0.05, 0.1) is 36.6 Å². The topological polar surface area (TPSA) is 66.2 Å². The number of fused-ring (bicyclic) bond motifs is 4. The van der Waals surface area contributed by atoms with Gasteiger partial charge in [0.25, 0.3) is 0 Å². The molecule has 0 spiro atoms. The van der Waals surface area contributed by atoms with Crippen molar-refractivity contribution in [3.05, 3.63) is 72.4 Å². The molecule has 0 radical (unpaired) electrons.